The minimum Gasteiger partial charge on any atom is -0.507 e. The summed E-state index contributed by atoms with van der Waals surface area (Å²) in [5.41, 5.74) is 2.34. The third-order valence-corrected chi connectivity index (χ3v) is 6.56. The molecule has 4 rings (SSSR count). The van der Waals surface area contributed by atoms with Crippen LogP contribution in [-0.4, -0.2) is 35.8 Å². The van der Waals surface area contributed by atoms with Gasteiger partial charge < -0.3 is 14.7 Å². The highest BCUT2D eigenvalue weighted by atomic mass is 32.1. The minimum absolute atomic E-state index is 0.0610. The van der Waals surface area contributed by atoms with Crippen LogP contribution in [0.5, 0.6) is 5.75 Å². The van der Waals surface area contributed by atoms with Crippen LogP contribution in [0.2, 0.25) is 0 Å². The van der Waals surface area contributed by atoms with Crippen LogP contribution >= 0.6 is 11.3 Å². The number of aromatic hydroxyl groups is 1. The van der Waals surface area contributed by atoms with Crippen molar-refractivity contribution in [2.24, 2.45) is 17.3 Å². The number of thiazole rings is 1. The molecule has 132 valence electrons. The highest BCUT2D eigenvalue weighted by molar-refractivity contribution is 7.14. The van der Waals surface area contributed by atoms with E-state index in [4.69, 9.17) is 9.72 Å². The van der Waals surface area contributed by atoms with Gasteiger partial charge in [-0.05, 0) is 44.7 Å². The summed E-state index contributed by atoms with van der Waals surface area (Å²) in [5.74, 6) is 0.897. The van der Waals surface area contributed by atoms with Gasteiger partial charge in [0.25, 0.3) is 0 Å². The normalized spacial score (nSPS) is 27.2. The van der Waals surface area contributed by atoms with Crippen molar-refractivity contribution in [3.8, 4) is 17.0 Å². The van der Waals surface area contributed by atoms with Gasteiger partial charge in [0.05, 0.1) is 17.7 Å². The molecule has 6 heteroatoms. The fourth-order valence-corrected chi connectivity index (χ4v) is 4.86. The van der Waals surface area contributed by atoms with Crippen LogP contribution in [0.3, 0.4) is 0 Å². The molecule has 25 heavy (non-hydrogen) atoms. The van der Waals surface area contributed by atoms with Crippen LogP contribution in [0.4, 0.5) is 5.13 Å². The third-order valence-electron chi connectivity index (χ3n) is 5.66. The standard InChI is InChI=1S/C19H22N2O3S/c1-4-24-17(23)19(3)13-8-21(9-14(13)19)18-20-15(10-25-18)12-7-11(2)5-6-16(12)22/h5-7,10,13-14,22H,4,8-9H2,1-3H3/t13-,14?,19?/m0/s1. The van der Waals surface area contributed by atoms with Gasteiger partial charge in [0.1, 0.15) is 5.75 Å². The highest BCUT2D eigenvalue weighted by Gasteiger charge is 2.70. The van der Waals surface area contributed by atoms with Gasteiger partial charge in [-0.3, -0.25) is 4.79 Å². The molecule has 2 aromatic rings. The second kappa shape index (κ2) is 5.73. The lowest BCUT2D eigenvalue weighted by Crippen LogP contribution is -2.31. The molecular weight excluding hydrogens is 336 g/mol. The van der Waals surface area contributed by atoms with Crippen molar-refractivity contribution in [3.63, 3.8) is 0 Å². The molecule has 1 saturated carbocycles. The SMILES string of the molecule is CCOC(=O)C1(C)C2CN(c3nc(-c4cc(C)ccc4O)cs3)C[C@@H]21. The molecule has 0 spiro atoms. The van der Waals surface area contributed by atoms with Crippen molar-refractivity contribution >= 4 is 22.4 Å². The fourth-order valence-electron chi connectivity index (χ4n) is 4.01. The molecule has 1 aromatic carbocycles. The van der Waals surface area contributed by atoms with Crippen molar-refractivity contribution in [2.75, 3.05) is 24.6 Å². The largest absolute Gasteiger partial charge is 0.507 e. The summed E-state index contributed by atoms with van der Waals surface area (Å²) in [5, 5.41) is 13.0. The first kappa shape index (κ1) is 16.4. The highest BCUT2D eigenvalue weighted by Crippen LogP contribution is 2.63. The average Bonchev–Trinajstić information content (AvgIpc) is 3.01. The number of hydrogen-bond acceptors (Lipinski definition) is 6. The Morgan fingerprint density at radius 1 is 1.44 bits per heavy atom. The van der Waals surface area contributed by atoms with Crippen LogP contribution in [0, 0.1) is 24.2 Å². The van der Waals surface area contributed by atoms with E-state index >= 15 is 0 Å². The first-order chi connectivity index (χ1) is 11.9. The van der Waals surface area contributed by atoms with E-state index in [-0.39, 0.29) is 17.1 Å². The number of aromatic nitrogens is 1. The average molecular weight is 358 g/mol. The molecule has 2 aliphatic rings. The van der Waals surface area contributed by atoms with Gasteiger partial charge in [-0.2, -0.15) is 0 Å². The molecule has 1 aromatic heterocycles. The van der Waals surface area contributed by atoms with Crippen LogP contribution in [0.15, 0.2) is 23.6 Å². The lowest BCUT2D eigenvalue weighted by molar-refractivity contribution is -0.150. The number of fused-ring (bicyclic) bond motifs is 1. The lowest BCUT2D eigenvalue weighted by Gasteiger charge is -2.22. The van der Waals surface area contributed by atoms with Gasteiger partial charge in [0.15, 0.2) is 5.13 Å². The van der Waals surface area contributed by atoms with Gasteiger partial charge in [-0.1, -0.05) is 11.6 Å². The van der Waals surface area contributed by atoms with E-state index in [1.54, 1.807) is 17.4 Å². The van der Waals surface area contributed by atoms with Gasteiger partial charge in [-0.15, -0.1) is 11.3 Å². The number of hydrogen-bond donors (Lipinski definition) is 1. The zero-order chi connectivity index (χ0) is 17.8. The Morgan fingerprint density at radius 2 is 2.16 bits per heavy atom. The second-order valence-corrected chi connectivity index (χ2v) is 7.99. The topological polar surface area (TPSA) is 62.7 Å². The molecule has 0 amide bonds. The number of rotatable bonds is 4. The number of carbonyl (C=O) groups is 1. The van der Waals surface area contributed by atoms with Crippen LogP contribution in [0.25, 0.3) is 11.3 Å². The van der Waals surface area contributed by atoms with E-state index < -0.39 is 0 Å². The maximum Gasteiger partial charge on any atom is 0.312 e. The number of phenols is 1. The summed E-state index contributed by atoms with van der Waals surface area (Å²) < 4.78 is 5.23. The fraction of sp³-hybridized carbons (Fsp3) is 0.474. The van der Waals surface area contributed by atoms with Gasteiger partial charge >= 0.3 is 5.97 Å². The summed E-state index contributed by atoms with van der Waals surface area (Å²) in [4.78, 5) is 19.1. The van der Waals surface area contributed by atoms with Crippen molar-refractivity contribution in [3.05, 3.63) is 29.1 Å². The Hall–Kier alpha value is -2.08. The number of anilines is 1. The molecule has 1 saturated heterocycles. The summed E-state index contributed by atoms with van der Waals surface area (Å²) in [6.07, 6.45) is 0. The smallest absolute Gasteiger partial charge is 0.312 e. The molecular formula is C19H22N2O3S. The van der Waals surface area contributed by atoms with E-state index in [1.165, 1.54) is 0 Å². The minimum atomic E-state index is -0.318. The Labute approximate surface area is 151 Å². The predicted octanol–water partition coefficient (Wildman–Crippen LogP) is 3.46. The van der Waals surface area contributed by atoms with Gasteiger partial charge in [0, 0.05) is 24.0 Å². The zero-order valence-corrected chi connectivity index (χ0v) is 15.5. The number of esters is 1. The molecule has 2 fully saturated rings. The first-order valence-electron chi connectivity index (χ1n) is 8.62. The second-order valence-electron chi connectivity index (χ2n) is 7.16. The molecule has 0 radical (unpaired) electrons. The number of benzene rings is 1. The van der Waals surface area contributed by atoms with Gasteiger partial charge in [0.2, 0.25) is 0 Å². The molecule has 0 bridgehead atoms. The molecule has 5 nitrogen and oxygen atoms in total. The van der Waals surface area contributed by atoms with Crippen molar-refractivity contribution in [1.29, 1.82) is 0 Å². The monoisotopic (exact) mass is 358 g/mol. The number of piperidine rings is 1. The summed E-state index contributed by atoms with van der Waals surface area (Å²) in [6, 6.07) is 5.54. The molecule has 1 N–H and O–H groups in total. The predicted molar refractivity (Wildman–Crippen MR) is 97.9 cm³/mol. The van der Waals surface area contributed by atoms with Crippen molar-refractivity contribution in [2.45, 2.75) is 20.8 Å². The molecule has 3 atom stereocenters. The Bertz CT molecular complexity index is 820. The molecule has 1 aliphatic heterocycles. The van der Waals surface area contributed by atoms with E-state index in [1.807, 2.05) is 38.3 Å². The number of nitrogens with zero attached hydrogens (tertiary/aromatic N) is 2. The van der Waals surface area contributed by atoms with Crippen LogP contribution < -0.4 is 4.90 Å². The van der Waals surface area contributed by atoms with Crippen LogP contribution in [0.1, 0.15) is 19.4 Å². The number of ether oxygens (including phenoxy) is 1. The Balaban J connectivity index is 1.49. The maximum absolute atomic E-state index is 12.2. The third kappa shape index (κ3) is 2.51. The van der Waals surface area contributed by atoms with Crippen molar-refractivity contribution < 1.29 is 14.6 Å². The number of carbonyl (C=O) groups excluding carboxylic acids is 1. The van der Waals surface area contributed by atoms with Crippen LogP contribution in [-0.2, 0) is 9.53 Å². The lowest BCUT2D eigenvalue weighted by atomic mass is 10.0. The van der Waals surface area contributed by atoms with E-state index in [0.29, 0.717) is 18.4 Å². The Morgan fingerprint density at radius 3 is 2.84 bits per heavy atom. The Kier molecular flexibility index (Phi) is 3.76. The van der Waals surface area contributed by atoms with Gasteiger partial charge in [-0.25, -0.2) is 4.98 Å². The summed E-state index contributed by atoms with van der Waals surface area (Å²) >= 11 is 1.59. The maximum atomic E-state index is 12.2. The van der Waals surface area contributed by atoms with E-state index in [2.05, 4.69) is 4.90 Å². The first-order valence-corrected chi connectivity index (χ1v) is 9.50. The number of phenolic OH excluding ortho intramolecular Hbond substituents is 1. The number of aryl methyl sites for hydroxylation is 1. The van der Waals surface area contributed by atoms with E-state index in [9.17, 15) is 9.90 Å². The molecule has 1 aliphatic carbocycles. The zero-order valence-electron chi connectivity index (χ0n) is 14.7. The molecule has 2 heterocycles. The van der Waals surface area contributed by atoms with Crippen molar-refractivity contribution in [1.82, 2.24) is 4.98 Å². The van der Waals surface area contributed by atoms with E-state index in [0.717, 1.165) is 35.0 Å². The molecule has 2 unspecified atom stereocenters. The quantitative estimate of drug-likeness (QED) is 0.848. The summed E-state index contributed by atoms with van der Waals surface area (Å²) in [7, 11) is 0. The summed E-state index contributed by atoms with van der Waals surface area (Å²) in [6.45, 7) is 7.99.